The highest BCUT2D eigenvalue weighted by Crippen LogP contribution is 2.23. The summed E-state index contributed by atoms with van der Waals surface area (Å²) in [5.74, 6) is 0.710. The largest absolute Gasteiger partial charge is 0.492 e. The molecule has 2 aromatic rings. The van der Waals surface area contributed by atoms with Crippen LogP contribution in [0.5, 0.6) is 5.75 Å². The Bertz CT molecular complexity index is 614. The van der Waals surface area contributed by atoms with Crippen LogP contribution in [0.4, 0.5) is 5.69 Å². The lowest BCUT2D eigenvalue weighted by molar-refractivity contribution is -0.116. The third-order valence-electron chi connectivity index (χ3n) is 3.65. The van der Waals surface area contributed by atoms with Crippen LogP contribution in [0.2, 0.25) is 0 Å². The second kappa shape index (κ2) is 10.4. The SMILES string of the molecule is CCOc1ccccc1NC(=O)CCNCCCc1ccccc1. The second-order valence-corrected chi connectivity index (χ2v) is 5.57. The minimum Gasteiger partial charge on any atom is -0.492 e. The van der Waals surface area contributed by atoms with Crippen LogP contribution in [-0.2, 0) is 11.2 Å². The van der Waals surface area contributed by atoms with Gasteiger partial charge in [-0.2, -0.15) is 0 Å². The number of ether oxygens (including phenoxy) is 1. The summed E-state index contributed by atoms with van der Waals surface area (Å²) in [5, 5.41) is 6.23. The molecule has 0 atom stereocenters. The molecule has 24 heavy (non-hydrogen) atoms. The number of rotatable bonds is 10. The molecule has 0 aromatic heterocycles. The van der Waals surface area contributed by atoms with Crippen molar-refractivity contribution in [2.75, 3.05) is 25.0 Å². The topological polar surface area (TPSA) is 50.4 Å². The number of amides is 1. The lowest BCUT2D eigenvalue weighted by atomic mass is 10.1. The van der Waals surface area contributed by atoms with Crippen molar-refractivity contribution in [2.45, 2.75) is 26.2 Å². The van der Waals surface area contributed by atoms with E-state index in [4.69, 9.17) is 4.74 Å². The highest BCUT2D eigenvalue weighted by molar-refractivity contribution is 5.92. The Morgan fingerprint density at radius 1 is 1.00 bits per heavy atom. The number of hydrogen-bond acceptors (Lipinski definition) is 3. The molecule has 0 fully saturated rings. The van der Waals surface area contributed by atoms with E-state index < -0.39 is 0 Å². The lowest BCUT2D eigenvalue weighted by Crippen LogP contribution is -2.23. The summed E-state index contributed by atoms with van der Waals surface area (Å²) in [6.45, 7) is 4.10. The molecule has 2 aromatic carbocycles. The summed E-state index contributed by atoms with van der Waals surface area (Å²) >= 11 is 0. The van der Waals surface area contributed by atoms with E-state index in [0.29, 0.717) is 25.3 Å². The molecule has 2 rings (SSSR count). The first-order valence-corrected chi connectivity index (χ1v) is 8.56. The van der Waals surface area contributed by atoms with E-state index in [9.17, 15) is 4.79 Å². The number of carbonyl (C=O) groups excluding carboxylic acids is 1. The van der Waals surface area contributed by atoms with Crippen molar-refractivity contribution in [3.05, 3.63) is 60.2 Å². The maximum absolute atomic E-state index is 12.0. The van der Waals surface area contributed by atoms with Crippen LogP contribution in [0.1, 0.15) is 25.3 Å². The summed E-state index contributed by atoms with van der Waals surface area (Å²) in [6, 6.07) is 17.9. The van der Waals surface area contributed by atoms with Gasteiger partial charge in [0.25, 0.3) is 0 Å². The molecule has 0 unspecified atom stereocenters. The Morgan fingerprint density at radius 2 is 1.75 bits per heavy atom. The summed E-state index contributed by atoms with van der Waals surface area (Å²) < 4.78 is 5.51. The van der Waals surface area contributed by atoms with Crippen LogP contribution < -0.4 is 15.4 Å². The van der Waals surface area contributed by atoms with Gasteiger partial charge < -0.3 is 15.4 Å². The second-order valence-electron chi connectivity index (χ2n) is 5.57. The number of nitrogens with one attached hydrogen (secondary N) is 2. The molecular formula is C20H26N2O2. The van der Waals surface area contributed by atoms with Gasteiger partial charge in [0, 0.05) is 13.0 Å². The van der Waals surface area contributed by atoms with Crippen molar-refractivity contribution in [1.29, 1.82) is 0 Å². The average Bonchev–Trinajstić information content (AvgIpc) is 2.61. The molecule has 4 heteroatoms. The smallest absolute Gasteiger partial charge is 0.225 e. The molecule has 1 amide bonds. The van der Waals surface area contributed by atoms with Crippen molar-refractivity contribution >= 4 is 11.6 Å². The molecule has 0 bridgehead atoms. The average molecular weight is 326 g/mol. The zero-order chi connectivity index (χ0) is 17.0. The number of carbonyl (C=O) groups is 1. The van der Waals surface area contributed by atoms with E-state index in [-0.39, 0.29) is 5.91 Å². The molecule has 0 aliphatic rings. The normalized spacial score (nSPS) is 10.4. The summed E-state index contributed by atoms with van der Waals surface area (Å²) in [5.41, 5.74) is 2.08. The number of aryl methyl sites for hydroxylation is 1. The van der Waals surface area contributed by atoms with Gasteiger partial charge in [-0.15, -0.1) is 0 Å². The lowest BCUT2D eigenvalue weighted by Gasteiger charge is -2.11. The first kappa shape index (κ1) is 18.0. The van der Waals surface area contributed by atoms with E-state index in [0.717, 1.165) is 25.1 Å². The molecule has 2 N–H and O–H groups in total. The maximum atomic E-state index is 12.0. The van der Waals surface area contributed by atoms with Crippen molar-refractivity contribution < 1.29 is 9.53 Å². The van der Waals surface area contributed by atoms with Gasteiger partial charge in [0.15, 0.2) is 0 Å². The highest BCUT2D eigenvalue weighted by Gasteiger charge is 2.06. The van der Waals surface area contributed by atoms with Crippen LogP contribution in [0, 0.1) is 0 Å². The fourth-order valence-electron chi connectivity index (χ4n) is 2.45. The van der Waals surface area contributed by atoms with Gasteiger partial charge in [-0.1, -0.05) is 42.5 Å². The van der Waals surface area contributed by atoms with E-state index in [2.05, 4.69) is 34.9 Å². The van der Waals surface area contributed by atoms with E-state index in [1.54, 1.807) is 0 Å². The minimum absolute atomic E-state index is 0.00212. The van der Waals surface area contributed by atoms with Crippen LogP contribution in [-0.4, -0.2) is 25.6 Å². The Balaban J connectivity index is 1.61. The highest BCUT2D eigenvalue weighted by atomic mass is 16.5. The molecule has 0 spiro atoms. The third kappa shape index (κ3) is 6.42. The van der Waals surface area contributed by atoms with Gasteiger partial charge in [0.2, 0.25) is 5.91 Å². The van der Waals surface area contributed by atoms with Gasteiger partial charge in [-0.25, -0.2) is 0 Å². The van der Waals surface area contributed by atoms with Crippen molar-refractivity contribution in [1.82, 2.24) is 5.32 Å². The summed E-state index contributed by atoms with van der Waals surface area (Å²) in [7, 11) is 0. The molecule has 0 aliphatic heterocycles. The quantitative estimate of drug-likeness (QED) is 0.656. The molecule has 0 saturated heterocycles. The Morgan fingerprint density at radius 3 is 2.54 bits per heavy atom. The first-order valence-electron chi connectivity index (χ1n) is 8.56. The summed E-state index contributed by atoms with van der Waals surface area (Å²) in [6.07, 6.45) is 2.58. The van der Waals surface area contributed by atoms with Gasteiger partial charge in [0.05, 0.1) is 12.3 Å². The third-order valence-corrected chi connectivity index (χ3v) is 3.65. The zero-order valence-corrected chi connectivity index (χ0v) is 14.3. The van der Waals surface area contributed by atoms with E-state index in [1.165, 1.54) is 5.56 Å². The zero-order valence-electron chi connectivity index (χ0n) is 14.3. The van der Waals surface area contributed by atoms with E-state index in [1.807, 2.05) is 37.3 Å². The van der Waals surface area contributed by atoms with Crippen LogP contribution in [0.15, 0.2) is 54.6 Å². The van der Waals surface area contributed by atoms with Crippen LogP contribution in [0.3, 0.4) is 0 Å². The molecule has 0 heterocycles. The molecule has 128 valence electrons. The van der Waals surface area contributed by atoms with Crippen LogP contribution >= 0.6 is 0 Å². The van der Waals surface area contributed by atoms with Crippen molar-refractivity contribution in [3.63, 3.8) is 0 Å². The maximum Gasteiger partial charge on any atom is 0.225 e. The predicted octanol–water partition coefficient (Wildman–Crippen LogP) is 3.64. The fraction of sp³-hybridized carbons (Fsp3) is 0.350. The Kier molecular flexibility index (Phi) is 7.84. The molecular weight excluding hydrogens is 300 g/mol. The Hall–Kier alpha value is -2.33. The number of para-hydroxylation sites is 2. The standard InChI is InChI=1S/C20H26N2O2/c1-2-24-19-13-7-6-12-18(19)22-20(23)14-16-21-15-8-11-17-9-4-3-5-10-17/h3-7,9-10,12-13,21H,2,8,11,14-16H2,1H3,(H,22,23). The minimum atomic E-state index is -0.00212. The number of anilines is 1. The monoisotopic (exact) mass is 326 g/mol. The van der Waals surface area contributed by atoms with Crippen LogP contribution in [0.25, 0.3) is 0 Å². The van der Waals surface area contributed by atoms with Gasteiger partial charge in [-0.3, -0.25) is 4.79 Å². The van der Waals surface area contributed by atoms with Gasteiger partial charge >= 0.3 is 0 Å². The Labute approximate surface area is 144 Å². The fourth-order valence-corrected chi connectivity index (χ4v) is 2.45. The molecule has 4 nitrogen and oxygen atoms in total. The predicted molar refractivity (Wildman–Crippen MR) is 98.5 cm³/mol. The number of benzene rings is 2. The number of hydrogen-bond donors (Lipinski definition) is 2. The van der Waals surface area contributed by atoms with Gasteiger partial charge in [-0.05, 0) is 44.0 Å². The van der Waals surface area contributed by atoms with E-state index >= 15 is 0 Å². The van der Waals surface area contributed by atoms with Crippen molar-refractivity contribution in [2.24, 2.45) is 0 Å². The van der Waals surface area contributed by atoms with Crippen molar-refractivity contribution in [3.8, 4) is 5.75 Å². The molecule has 0 aliphatic carbocycles. The first-order chi connectivity index (χ1) is 11.8. The molecule has 0 radical (unpaired) electrons. The summed E-state index contributed by atoms with van der Waals surface area (Å²) in [4.78, 5) is 12.0. The van der Waals surface area contributed by atoms with Gasteiger partial charge in [0.1, 0.15) is 5.75 Å². The molecule has 0 saturated carbocycles.